The van der Waals surface area contributed by atoms with Gasteiger partial charge in [0.25, 0.3) is 0 Å². The summed E-state index contributed by atoms with van der Waals surface area (Å²) in [5.41, 5.74) is 0.703. The summed E-state index contributed by atoms with van der Waals surface area (Å²) in [6, 6.07) is 0. The van der Waals surface area contributed by atoms with Gasteiger partial charge in [-0.3, -0.25) is 0 Å². The Labute approximate surface area is 65.0 Å². The molecule has 0 heteroatoms. The maximum absolute atomic E-state index is 2.45. The van der Waals surface area contributed by atoms with E-state index in [1.807, 2.05) is 0 Å². The lowest BCUT2D eigenvalue weighted by atomic mass is 9.56. The Morgan fingerprint density at radius 3 is 2.20 bits per heavy atom. The molecule has 1 saturated carbocycles. The van der Waals surface area contributed by atoms with Gasteiger partial charge in [-0.05, 0) is 30.1 Å². The first-order valence-electron chi connectivity index (χ1n) is 4.60. The third-order valence-corrected chi connectivity index (χ3v) is 3.53. The second-order valence-corrected chi connectivity index (χ2v) is 4.40. The smallest absolute Gasteiger partial charge is 0.0298 e. The van der Waals surface area contributed by atoms with Gasteiger partial charge >= 0.3 is 0 Å². The summed E-state index contributed by atoms with van der Waals surface area (Å²) in [5.74, 6) is 1.91. The van der Waals surface area contributed by atoms with Crippen LogP contribution in [0.2, 0.25) is 0 Å². The second-order valence-electron chi connectivity index (χ2n) is 4.40. The fraction of sp³-hybridized carbons (Fsp3) is 1.00. The Hall–Kier alpha value is 0. The molecule has 60 valence electrons. The molecule has 0 spiro atoms. The summed E-state index contributed by atoms with van der Waals surface area (Å²) in [6.07, 6.45) is 4.31. The van der Waals surface area contributed by atoms with Crippen LogP contribution >= 0.6 is 0 Å². The SMILES string of the molecule is CCC1(C)CCC1C(C)C. The van der Waals surface area contributed by atoms with E-state index in [-0.39, 0.29) is 0 Å². The van der Waals surface area contributed by atoms with Gasteiger partial charge in [0.1, 0.15) is 0 Å². The van der Waals surface area contributed by atoms with Gasteiger partial charge in [-0.15, -0.1) is 0 Å². The Bertz CT molecular complexity index is 111. The van der Waals surface area contributed by atoms with E-state index in [0.29, 0.717) is 5.41 Å². The molecule has 0 aromatic rings. The first-order chi connectivity index (χ1) is 4.60. The minimum absolute atomic E-state index is 0.703. The molecule has 0 N–H and O–H groups in total. The van der Waals surface area contributed by atoms with Crippen molar-refractivity contribution >= 4 is 0 Å². The van der Waals surface area contributed by atoms with Gasteiger partial charge in [-0.25, -0.2) is 0 Å². The average molecular weight is 140 g/mol. The third kappa shape index (κ3) is 1.09. The molecular weight excluding hydrogens is 120 g/mol. The topological polar surface area (TPSA) is 0 Å². The lowest BCUT2D eigenvalue weighted by Crippen LogP contribution is -2.39. The minimum Gasteiger partial charge on any atom is -0.0649 e. The van der Waals surface area contributed by atoms with Gasteiger partial charge in [0.2, 0.25) is 0 Å². The van der Waals surface area contributed by atoms with Crippen LogP contribution in [0.15, 0.2) is 0 Å². The van der Waals surface area contributed by atoms with Crippen molar-refractivity contribution in [3.8, 4) is 0 Å². The van der Waals surface area contributed by atoms with Crippen molar-refractivity contribution in [1.82, 2.24) is 0 Å². The largest absolute Gasteiger partial charge is 0.0649 e. The fourth-order valence-corrected chi connectivity index (χ4v) is 2.38. The van der Waals surface area contributed by atoms with Crippen molar-refractivity contribution < 1.29 is 0 Å². The molecule has 0 amide bonds. The molecule has 0 aliphatic heterocycles. The Balaban J connectivity index is 2.49. The van der Waals surface area contributed by atoms with Gasteiger partial charge in [-0.1, -0.05) is 34.1 Å². The highest BCUT2D eigenvalue weighted by molar-refractivity contribution is 4.92. The quantitative estimate of drug-likeness (QED) is 0.551. The minimum atomic E-state index is 0.703. The monoisotopic (exact) mass is 140 g/mol. The zero-order valence-corrected chi connectivity index (χ0v) is 7.78. The molecule has 0 bridgehead atoms. The molecule has 10 heavy (non-hydrogen) atoms. The normalized spacial score (nSPS) is 39.9. The van der Waals surface area contributed by atoms with Crippen LogP contribution in [-0.2, 0) is 0 Å². The molecule has 2 unspecified atom stereocenters. The van der Waals surface area contributed by atoms with Gasteiger partial charge in [0, 0.05) is 0 Å². The molecule has 2 atom stereocenters. The summed E-state index contributed by atoms with van der Waals surface area (Å²) in [7, 11) is 0. The van der Waals surface area contributed by atoms with Crippen LogP contribution in [0.5, 0.6) is 0 Å². The maximum atomic E-state index is 2.45. The number of rotatable bonds is 2. The van der Waals surface area contributed by atoms with Gasteiger partial charge in [0.15, 0.2) is 0 Å². The van der Waals surface area contributed by atoms with Crippen LogP contribution in [0.1, 0.15) is 47.0 Å². The lowest BCUT2D eigenvalue weighted by Gasteiger charge is -2.49. The Morgan fingerprint density at radius 1 is 1.50 bits per heavy atom. The molecule has 1 rings (SSSR count). The molecule has 0 aromatic carbocycles. The third-order valence-electron chi connectivity index (χ3n) is 3.53. The summed E-state index contributed by atoms with van der Waals surface area (Å²) in [6.45, 7) is 9.49. The van der Waals surface area contributed by atoms with E-state index in [9.17, 15) is 0 Å². The molecule has 0 heterocycles. The standard InChI is InChI=1S/C10H20/c1-5-10(4)7-6-9(10)8(2)3/h8-9H,5-7H2,1-4H3. The fourth-order valence-electron chi connectivity index (χ4n) is 2.38. The Morgan fingerprint density at radius 2 is 2.10 bits per heavy atom. The molecular formula is C10H20. The van der Waals surface area contributed by atoms with Crippen LogP contribution in [0.4, 0.5) is 0 Å². The van der Waals surface area contributed by atoms with Crippen molar-refractivity contribution in [3.05, 3.63) is 0 Å². The van der Waals surface area contributed by atoms with E-state index in [1.54, 1.807) is 0 Å². The summed E-state index contributed by atoms with van der Waals surface area (Å²) < 4.78 is 0. The molecule has 0 nitrogen and oxygen atoms in total. The summed E-state index contributed by atoms with van der Waals surface area (Å²) in [5, 5.41) is 0. The zero-order chi connectivity index (χ0) is 7.78. The highest BCUT2D eigenvalue weighted by Gasteiger charge is 2.42. The molecule has 1 fully saturated rings. The highest BCUT2D eigenvalue weighted by Crippen LogP contribution is 2.52. The predicted molar refractivity (Wildman–Crippen MR) is 46.0 cm³/mol. The van der Waals surface area contributed by atoms with E-state index in [1.165, 1.54) is 19.3 Å². The number of hydrogen-bond donors (Lipinski definition) is 0. The zero-order valence-electron chi connectivity index (χ0n) is 7.78. The van der Waals surface area contributed by atoms with Crippen molar-refractivity contribution in [3.63, 3.8) is 0 Å². The Kier molecular flexibility index (Phi) is 2.07. The second kappa shape index (κ2) is 2.56. The van der Waals surface area contributed by atoms with Crippen molar-refractivity contribution in [1.29, 1.82) is 0 Å². The first kappa shape index (κ1) is 8.10. The molecule has 0 saturated heterocycles. The maximum Gasteiger partial charge on any atom is -0.0298 e. The molecule has 0 aromatic heterocycles. The average Bonchev–Trinajstić information content (AvgIpc) is 1.83. The van der Waals surface area contributed by atoms with Crippen LogP contribution in [0.25, 0.3) is 0 Å². The van der Waals surface area contributed by atoms with Gasteiger partial charge in [0.05, 0.1) is 0 Å². The molecule has 1 aliphatic carbocycles. The lowest BCUT2D eigenvalue weighted by molar-refractivity contribution is 0.0104. The van der Waals surface area contributed by atoms with Crippen molar-refractivity contribution in [2.75, 3.05) is 0 Å². The van der Waals surface area contributed by atoms with Gasteiger partial charge in [-0.2, -0.15) is 0 Å². The van der Waals surface area contributed by atoms with Crippen molar-refractivity contribution in [2.45, 2.75) is 47.0 Å². The van der Waals surface area contributed by atoms with Crippen LogP contribution in [0.3, 0.4) is 0 Å². The van der Waals surface area contributed by atoms with Gasteiger partial charge < -0.3 is 0 Å². The van der Waals surface area contributed by atoms with Crippen molar-refractivity contribution in [2.24, 2.45) is 17.3 Å². The highest BCUT2D eigenvalue weighted by atomic mass is 14.5. The summed E-state index contributed by atoms with van der Waals surface area (Å²) >= 11 is 0. The van der Waals surface area contributed by atoms with E-state index in [0.717, 1.165) is 11.8 Å². The van der Waals surface area contributed by atoms with E-state index in [4.69, 9.17) is 0 Å². The molecule has 0 radical (unpaired) electrons. The number of hydrogen-bond acceptors (Lipinski definition) is 0. The summed E-state index contributed by atoms with van der Waals surface area (Å²) in [4.78, 5) is 0. The van der Waals surface area contributed by atoms with E-state index >= 15 is 0 Å². The van der Waals surface area contributed by atoms with E-state index in [2.05, 4.69) is 27.7 Å². The van der Waals surface area contributed by atoms with Crippen LogP contribution in [-0.4, -0.2) is 0 Å². The van der Waals surface area contributed by atoms with Crippen LogP contribution in [0, 0.1) is 17.3 Å². The molecule has 1 aliphatic rings. The van der Waals surface area contributed by atoms with Crippen LogP contribution < -0.4 is 0 Å². The van der Waals surface area contributed by atoms with E-state index < -0.39 is 0 Å². The predicted octanol–water partition coefficient (Wildman–Crippen LogP) is 3.47. The first-order valence-corrected chi connectivity index (χ1v) is 4.60.